The van der Waals surface area contributed by atoms with Crippen molar-refractivity contribution in [2.75, 3.05) is 26.4 Å². The Morgan fingerprint density at radius 3 is 3.11 bits per heavy atom. The van der Waals surface area contributed by atoms with Gasteiger partial charge in [-0.25, -0.2) is 4.98 Å². The highest BCUT2D eigenvalue weighted by molar-refractivity contribution is 6.29. The third kappa shape index (κ3) is 1.88. The lowest BCUT2D eigenvalue weighted by molar-refractivity contribution is -0.0669. The molecule has 98 valence electrons. The Morgan fingerprint density at radius 2 is 2.39 bits per heavy atom. The molecule has 4 nitrogen and oxygen atoms in total. The predicted octanol–water partition coefficient (Wildman–Crippen LogP) is 2.32. The van der Waals surface area contributed by atoms with E-state index in [4.69, 9.17) is 25.8 Å². The Bertz CT molecular complexity index is 458. The minimum absolute atomic E-state index is 0.412. The number of ether oxygens (including phenoxy) is 3. The maximum atomic E-state index is 6.09. The summed E-state index contributed by atoms with van der Waals surface area (Å²) in [5.74, 6) is 0.835. The molecule has 0 radical (unpaired) electrons. The number of rotatable bonds is 2. The molecular weight excluding hydrogens is 254 g/mol. The van der Waals surface area contributed by atoms with E-state index in [1.807, 2.05) is 6.92 Å². The molecule has 18 heavy (non-hydrogen) atoms. The first-order valence-electron chi connectivity index (χ1n) is 6.29. The Morgan fingerprint density at radius 1 is 1.50 bits per heavy atom. The van der Waals surface area contributed by atoms with E-state index in [0.717, 1.165) is 29.8 Å². The summed E-state index contributed by atoms with van der Waals surface area (Å²) < 4.78 is 17.1. The number of fused-ring (bicyclic) bond motifs is 2. The highest BCUT2D eigenvalue weighted by atomic mass is 35.5. The number of halogens is 1. The van der Waals surface area contributed by atoms with Crippen molar-refractivity contribution in [3.05, 3.63) is 22.5 Å². The average Bonchev–Trinajstić information content (AvgIpc) is 2.81. The van der Waals surface area contributed by atoms with Crippen LogP contribution in [0.3, 0.4) is 0 Å². The van der Waals surface area contributed by atoms with Gasteiger partial charge >= 0.3 is 0 Å². The van der Waals surface area contributed by atoms with Gasteiger partial charge in [-0.15, -0.1) is 0 Å². The predicted molar refractivity (Wildman–Crippen MR) is 67.2 cm³/mol. The van der Waals surface area contributed by atoms with E-state index in [2.05, 4.69) is 4.98 Å². The molecule has 5 heteroatoms. The summed E-state index contributed by atoms with van der Waals surface area (Å²) in [6.07, 6.45) is 1.65. The van der Waals surface area contributed by atoms with E-state index >= 15 is 0 Å². The summed E-state index contributed by atoms with van der Waals surface area (Å²) in [5.41, 5.74) is 1.62. The Kier molecular flexibility index (Phi) is 3.18. The summed E-state index contributed by atoms with van der Waals surface area (Å²) >= 11 is 6.09. The Balaban J connectivity index is 2.11. The number of hydrogen-bond acceptors (Lipinski definition) is 4. The molecule has 1 aromatic heterocycles. The van der Waals surface area contributed by atoms with Crippen molar-refractivity contribution < 1.29 is 14.2 Å². The van der Waals surface area contributed by atoms with Crippen molar-refractivity contribution in [3.63, 3.8) is 0 Å². The van der Waals surface area contributed by atoms with Gasteiger partial charge in [-0.05, 0) is 6.92 Å². The number of aromatic nitrogens is 1. The number of hydrogen-bond donors (Lipinski definition) is 0. The lowest BCUT2D eigenvalue weighted by Crippen LogP contribution is -2.37. The molecule has 2 aliphatic rings. The van der Waals surface area contributed by atoms with E-state index in [-0.39, 0.29) is 0 Å². The molecule has 0 aromatic carbocycles. The van der Waals surface area contributed by atoms with Gasteiger partial charge in [0.1, 0.15) is 16.5 Å². The number of nitrogens with zero attached hydrogens (tertiary/aromatic N) is 1. The highest BCUT2D eigenvalue weighted by Crippen LogP contribution is 2.42. The highest BCUT2D eigenvalue weighted by Gasteiger charge is 2.44. The van der Waals surface area contributed by atoms with Crippen LogP contribution in [0.15, 0.2) is 6.07 Å². The summed E-state index contributed by atoms with van der Waals surface area (Å²) in [6, 6.07) is 1.79. The summed E-state index contributed by atoms with van der Waals surface area (Å²) in [5, 5.41) is 0.453. The molecule has 3 heterocycles. The average molecular weight is 270 g/mol. The largest absolute Gasteiger partial charge is 0.493 e. The van der Waals surface area contributed by atoms with Gasteiger partial charge in [-0.2, -0.15) is 0 Å². The first-order chi connectivity index (χ1) is 8.75. The van der Waals surface area contributed by atoms with Crippen molar-refractivity contribution >= 4 is 11.6 Å². The molecule has 0 aliphatic carbocycles. The minimum atomic E-state index is -0.412. The molecule has 1 fully saturated rings. The van der Waals surface area contributed by atoms with Gasteiger partial charge in [-0.1, -0.05) is 11.6 Å². The summed E-state index contributed by atoms with van der Waals surface area (Å²) in [6.45, 7) is 4.53. The SMILES string of the molecule is CCOc1cc(Cl)nc2c1CCOC21CCOC1. The normalized spacial score (nSPS) is 26.3. The van der Waals surface area contributed by atoms with Gasteiger partial charge < -0.3 is 14.2 Å². The maximum Gasteiger partial charge on any atom is 0.136 e. The van der Waals surface area contributed by atoms with Crippen LogP contribution in [0.1, 0.15) is 24.6 Å². The van der Waals surface area contributed by atoms with Crippen LogP contribution in [0.2, 0.25) is 5.15 Å². The van der Waals surface area contributed by atoms with Gasteiger partial charge in [0.25, 0.3) is 0 Å². The van der Waals surface area contributed by atoms with Crippen LogP contribution in [0.4, 0.5) is 0 Å². The standard InChI is InChI=1S/C13H16ClNO3/c1-2-17-10-7-11(14)15-12-9(10)3-5-18-13(12)4-6-16-8-13/h7H,2-6,8H2,1H3. The third-order valence-electron chi connectivity index (χ3n) is 3.50. The Labute approximate surface area is 111 Å². The molecule has 1 aromatic rings. The van der Waals surface area contributed by atoms with E-state index in [1.54, 1.807) is 6.07 Å². The fourth-order valence-electron chi connectivity index (χ4n) is 2.68. The molecule has 0 bridgehead atoms. The van der Waals surface area contributed by atoms with E-state index in [0.29, 0.717) is 31.6 Å². The van der Waals surface area contributed by atoms with Gasteiger partial charge in [0.05, 0.1) is 25.5 Å². The minimum Gasteiger partial charge on any atom is -0.493 e. The molecular formula is C13H16ClNO3. The summed E-state index contributed by atoms with van der Waals surface area (Å²) in [4.78, 5) is 4.47. The summed E-state index contributed by atoms with van der Waals surface area (Å²) in [7, 11) is 0. The molecule has 1 unspecified atom stereocenters. The van der Waals surface area contributed by atoms with E-state index < -0.39 is 5.60 Å². The van der Waals surface area contributed by atoms with Gasteiger partial charge in [0, 0.05) is 31.1 Å². The fourth-order valence-corrected chi connectivity index (χ4v) is 2.87. The van der Waals surface area contributed by atoms with Crippen molar-refractivity contribution in [1.29, 1.82) is 0 Å². The zero-order valence-corrected chi connectivity index (χ0v) is 11.1. The Hall–Kier alpha value is -0.840. The smallest absolute Gasteiger partial charge is 0.136 e. The molecule has 0 amide bonds. The maximum absolute atomic E-state index is 6.09. The van der Waals surface area contributed by atoms with E-state index in [1.165, 1.54) is 0 Å². The molecule has 0 saturated carbocycles. The molecule has 3 rings (SSSR count). The molecule has 1 spiro atoms. The van der Waals surface area contributed by atoms with Crippen LogP contribution in [0, 0.1) is 0 Å². The van der Waals surface area contributed by atoms with Gasteiger partial charge in [0.2, 0.25) is 0 Å². The van der Waals surface area contributed by atoms with Gasteiger partial charge in [0.15, 0.2) is 0 Å². The van der Waals surface area contributed by atoms with Crippen LogP contribution < -0.4 is 4.74 Å². The topological polar surface area (TPSA) is 40.6 Å². The monoisotopic (exact) mass is 269 g/mol. The van der Waals surface area contributed by atoms with Crippen molar-refractivity contribution in [3.8, 4) is 5.75 Å². The lowest BCUT2D eigenvalue weighted by atomic mass is 9.90. The molecule has 1 atom stereocenters. The lowest BCUT2D eigenvalue weighted by Gasteiger charge is -2.34. The first kappa shape index (κ1) is 12.2. The van der Waals surface area contributed by atoms with Crippen molar-refractivity contribution in [1.82, 2.24) is 4.98 Å². The van der Waals surface area contributed by atoms with Crippen LogP contribution in [-0.2, 0) is 21.5 Å². The first-order valence-corrected chi connectivity index (χ1v) is 6.67. The van der Waals surface area contributed by atoms with Crippen LogP contribution in [0.25, 0.3) is 0 Å². The molecule has 1 saturated heterocycles. The van der Waals surface area contributed by atoms with Gasteiger partial charge in [-0.3, -0.25) is 0 Å². The molecule has 0 N–H and O–H groups in total. The number of pyridine rings is 1. The van der Waals surface area contributed by atoms with Crippen LogP contribution in [0.5, 0.6) is 5.75 Å². The van der Waals surface area contributed by atoms with Crippen LogP contribution >= 0.6 is 11.6 Å². The van der Waals surface area contributed by atoms with Crippen molar-refractivity contribution in [2.24, 2.45) is 0 Å². The third-order valence-corrected chi connectivity index (χ3v) is 3.69. The second kappa shape index (κ2) is 4.68. The van der Waals surface area contributed by atoms with Crippen LogP contribution in [-0.4, -0.2) is 31.4 Å². The zero-order chi connectivity index (χ0) is 12.6. The second-order valence-electron chi connectivity index (χ2n) is 4.60. The fraction of sp³-hybridized carbons (Fsp3) is 0.615. The van der Waals surface area contributed by atoms with Crippen molar-refractivity contribution in [2.45, 2.75) is 25.4 Å². The quantitative estimate of drug-likeness (QED) is 0.773. The zero-order valence-electron chi connectivity index (χ0n) is 10.4. The van der Waals surface area contributed by atoms with E-state index in [9.17, 15) is 0 Å². The molecule has 2 aliphatic heterocycles. The second-order valence-corrected chi connectivity index (χ2v) is 4.99.